The van der Waals surface area contributed by atoms with Gasteiger partial charge in [0.2, 0.25) is 0 Å². The second-order valence-electron chi connectivity index (χ2n) is 6.53. The van der Waals surface area contributed by atoms with Gasteiger partial charge in [0.15, 0.2) is 0 Å². The number of thiocarbonyl (C=S) groups is 1. The molecule has 7 heteroatoms. The van der Waals surface area contributed by atoms with Crippen LogP contribution < -0.4 is 0 Å². The molecule has 0 aromatic heterocycles. The average Bonchev–Trinajstić information content (AvgIpc) is 3.07. The maximum atomic E-state index is 13.1. The van der Waals surface area contributed by atoms with Crippen molar-refractivity contribution in [2.24, 2.45) is 4.99 Å². The Bertz CT molecular complexity index is 820. The van der Waals surface area contributed by atoms with Crippen molar-refractivity contribution >= 4 is 23.1 Å². The normalized spacial score (nSPS) is 17.7. The van der Waals surface area contributed by atoms with Gasteiger partial charge in [-0.25, -0.2) is 0 Å². The quantitative estimate of drug-likeness (QED) is 0.497. The van der Waals surface area contributed by atoms with Gasteiger partial charge in [-0.3, -0.25) is 4.90 Å². The number of likely N-dealkylation sites (tertiary alicyclic amines) is 1. The molecule has 1 aliphatic rings. The summed E-state index contributed by atoms with van der Waals surface area (Å²) in [5.41, 5.74) is 1.11. The molecule has 0 N–H and O–H groups in total. The Kier molecular flexibility index (Phi) is 6.39. The van der Waals surface area contributed by atoms with Crippen molar-refractivity contribution in [3.8, 4) is 0 Å². The number of ether oxygens (including phenoxy) is 1. The number of isothiocyanates is 1. The van der Waals surface area contributed by atoms with Gasteiger partial charge in [0, 0.05) is 19.6 Å². The number of rotatable bonds is 6. The maximum absolute atomic E-state index is 13.1. The minimum Gasteiger partial charge on any atom is -0.372 e. The molecule has 0 spiro atoms. The summed E-state index contributed by atoms with van der Waals surface area (Å²) < 4.78 is 45.2. The van der Waals surface area contributed by atoms with Crippen LogP contribution in [0.2, 0.25) is 0 Å². The Morgan fingerprint density at radius 3 is 2.63 bits per heavy atom. The van der Waals surface area contributed by atoms with E-state index in [2.05, 4.69) is 27.3 Å². The predicted octanol–water partition coefficient (Wildman–Crippen LogP) is 5.23. The van der Waals surface area contributed by atoms with Gasteiger partial charge in [0.05, 0.1) is 29.1 Å². The Morgan fingerprint density at radius 1 is 1.15 bits per heavy atom. The molecule has 2 aromatic rings. The van der Waals surface area contributed by atoms with E-state index in [-0.39, 0.29) is 11.8 Å². The van der Waals surface area contributed by atoms with Crippen LogP contribution in [0.5, 0.6) is 0 Å². The Labute approximate surface area is 161 Å². The smallest absolute Gasteiger partial charge is 0.372 e. The minimum atomic E-state index is -4.42. The number of alkyl halides is 3. The molecule has 3 nitrogen and oxygen atoms in total. The third kappa shape index (κ3) is 5.71. The van der Waals surface area contributed by atoms with Gasteiger partial charge in [-0.15, -0.1) is 0 Å². The Morgan fingerprint density at radius 2 is 1.93 bits per heavy atom. The lowest BCUT2D eigenvalue weighted by Crippen LogP contribution is -2.23. The third-order valence-electron chi connectivity index (χ3n) is 4.44. The van der Waals surface area contributed by atoms with Crippen molar-refractivity contribution in [1.82, 2.24) is 4.90 Å². The van der Waals surface area contributed by atoms with Crippen molar-refractivity contribution in [2.45, 2.75) is 31.9 Å². The first-order valence-corrected chi connectivity index (χ1v) is 9.02. The molecule has 1 fully saturated rings. The molecule has 3 rings (SSSR count). The second kappa shape index (κ2) is 8.76. The van der Waals surface area contributed by atoms with Crippen molar-refractivity contribution in [1.29, 1.82) is 0 Å². The predicted molar refractivity (Wildman–Crippen MR) is 101 cm³/mol. The van der Waals surface area contributed by atoms with E-state index in [0.29, 0.717) is 25.3 Å². The van der Waals surface area contributed by atoms with Crippen LogP contribution in [-0.4, -0.2) is 29.3 Å². The van der Waals surface area contributed by atoms with E-state index in [0.717, 1.165) is 24.6 Å². The first-order valence-electron chi connectivity index (χ1n) is 8.61. The van der Waals surface area contributed by atoms with E-state index in [1.807, 2.05) is 30.3 Å². The number of aliphatic imine (C=N–C) groups is 1. The molecule has 0 amide bonds. The highest BCUT2D eigenvalue weighted by Gasteiger charge is 2.31. The zero-order chi connectivity index (χ0) is 19.3. The van der Waals surface area contributed by atoms with Crippen LogP contribution in [0.15, 0.2) is 53.5 Å². The zero-order valence-electron chi connectivity index (χ0n) is 14.6. The topological polar surface area (TPSA) is 24.8 Å². The molecule has 0 aliphatic carbocycles. The molecular formula is C20H19F3N2OS. The van der Waals surface area contributed by atoms with E-state index in [1.54, 1.807) is 6.07 Å². The first-order chi connectivity index (χ1) is 12.9. The molecule has 0 bridgehead atoms. The van der Waals surface area contributed by atoms with Crippen LogP contribution in [0.4, 0.5) is 18.9 Å². The van der Waals surface area contributed by atoms with Crippen molar-refractivity contribution in [2.75, 3.05) is 13.1 Å². The monoisotopic (exact) mass is 392 g/mol. The Balaban J connectivity index is 1.62. The number of hydrogen-bond donors (Lipinski definition) is 0. The summed E-state index contributed by atoms with van der Waals surface area (Å²) in [5, 5.41) is 2.13. The van der Waals surface area contributed by atoms with Gasteiger partial charge < -0.3 is 4.74 Å². The SMILES string of the molecule is FC(F)(F)c1cc(CN2CC[C@@H](OCc3ccccc3)C2)cc(N=C=S)c1. The zero-order valence-corrected chi connectivity index (χ0v) is 15.4. The molecule has 142 valence electrons. The van der Waals surface area contributed by atoms with Crippen molar-refractivity contribution < 1.29 is 17.9 Å². The van der Waals surface area contributed by atoms with E-state index < -0.39 is 11.7 Å². The van der Waals surface area contributed by atoms with Gasteiger partial charge in [-0.2, -0.15) is 18.2 Å². The number of nitrogens with zero attached hydrogens (tertiary/aromatic N) is 2. The fraction of sp³-hybridized carbons (Fsp3) is 0.350. The van der Waals surface area contributed by atoms with Crippen LogP contribution in [0, 0.1) is 0 Å². The molecule has 1 saturated heterocycles. The van der Waals surface area contributed by atoms with Gasteiger partial charge in [-0.05, 0) is 48.0 Å². The molecular weight excluding hydrogens is 373 g/mol. The highest BCUT2D eigenvalue weighted by molar-refractivity contribution is 7.78. The van der Waals surface area contributed by atoms with E-state index in [1.165, 1.54) is 6.07 Å². The number of halogens is 3. The highest BCUT2D eigenvalue weighted by Crippen LogP contribution is 2.33. The summed E-state index contributed by atoms with van der Waals surface area (Å²) in [7, 11) is 0. The van der Waals surface area contributed by atoms with Crippen molar-refractivity contribution in [3.63, 3.8) is 0 Å². The summed E-state index contributed by atoms with van der Waals surface area (Å²) in [6.45, 7) is 2.42. The fourth-order valence-corrected chi connectivity index (χ4v) is 3.27. The Hall–Kier alpha value is -2.05. The largest absolute Gasteiger partial charge is 0.416 e. The van der Waals surface area contributed by atoms with E-state index >= 15 is 0 Å². The number of hydrogen-bond acceptors (Lipinski definition) is 4. The lowest BCUT2D eigenvalue weighted by molar-refractivity contribution is -0.137. The van der Waals surface area contributed by atoms with Crippen LogP contribution in [0.3, 0.4) is 0 Å². The van der Waals surface area contributed by atoms with Gasteiger partial charge in [0.1, 0.15) is 0 Å². The molecule has 2 aromatic carbocycles. The molecule has 0 saturated carbocycles. The van der Waals surface area contributed by atoms with Crippen LogP contribution in [0.25, 0.3) is 0 Å². The van der Waals surface area contributed by atoms with E-state index in [9.17, 15) is 13.2 Å². The average molecular weight is 392 g/mol. The van der Waals surface area contributed by atoms with Crippen LogP contribution >= 0.6 is 12.2 Å². The standard InChI is InChI=1S/C20H19F3N2OS/c21-20(22,23)17-8-16(9-18(10-17)24-14-27)11-25-7-6-19(12-25)26-13-15-4-2-1-3-5-15/h1-5,8-10,19H,6-7,11-13H2/t19-/m1/s1. The van der Waals surface area contributed by atoms with Crippen molar-refractivity contribution in [3.05, 3.63) is 65.2 Å². The fourth-order valence-electron chi connectivity index (χ4n) is 3.17. The summed E-state index contributed by atoms with van der Waals surface area (Å²) in [5.74, 6) is 0. The molecule has 1 atom stereocenters. The summed E-state index contributed by atoms with van der Waals surface area (Å²) in [6, 6.07) is 13.7. The number of benzene rings is 2. The van der Waals surface area contributed by atoms with Gasteiger partial charge >= 0.3 is 6.18 Å². The van der Waals surface area contributed by atoms with Gasteiger partial charge in [0.25, 0.3) is 0 Å². The molecule has 1 heterocycles. The minimum absolute atomic E-state index is 0.0782. The van der Waals surface area contributed by atoms with E-state index in [4.69, 9.17) is 4.74 Å². The molecule has 0 radical (unpaired) electrons. The summed E-state index contributed by atoms with van der Waals surface area (Å²) in [6.07, 6.45) is -3.49. The highest BCUT2D eigenvalue weighted by atomic mass is 32.1. The molecule has 1 aliphatic heterocycles. The maximum Gasteiger partial charge on any atom is 0.416 e. The van der Waals surface area contributed by atoms with Crippen LogP contribution in [-0.2, 0) is 24.1 Å². The third-order valence-corrected chi connectivity index (χ3v) is 4.53. The summed E-state index contributed by atoms with van der Waals surface area (Å²) >= 11 is 4.52. The first kappa shape index (κ1) is 19.7. The summed E-state index contributed by atoms with van der Waals surface area (Å²) in [4.78, 5) is 5.81. The molecule has 27 heavy (non-hydrogen) atoms. The van der Waals surface area contributed by atoms with Gasteiger partial charge in [-0.1, -0.05) is 30.3 Å². The lowest BCUT2D eigenvalue weighted by atomic mass is 10.1. The molecule has 0 unspecified atom stereocenters. The lowest BCUT2D eigenvalue weighted by Gasteiger charge is -2.18. The van der Waals surface area contributed by atoms with Crippen LogP contribution in [0.1, 0.15) is 23.1 Å². The second-order valence-corrected chi connectivity index (χ2v) is 6.71.